The molecule has 0 bridgehead atoms. The van der Waals surface area contributed by atoms with Gasteiger partial charge in [0.15, 0.2) is 0 Å². The van der Waals surface area contributed by atoms with Gasteiger partial charge in [0.1, 0.15) is 0 Å². The van der Waals surface area contributed by atoms with Gasteiger partial charge in [-0.25, -0.2) is 0 Å². The zero-order valence-corrected chi connectivity index (χ0v) is 11.1. The lowest BCUT2D eigenvalue weighted by molar-refractivity contribution is 1.66. The first-order valence-electron chi connectivity index (χ1n) is 5.11. The molecule has 0 spiro atoms. The average Bonchev–Trinajstić information content (AvgIpc) is 2.91. The Morgan fingerprint density at radius 3 is 2.31 bits per heavy atom. The minimum Gasteiger partial charge on any atom is -0.142 e. The van der Waals surface area contributed by atoms with Crippen molar-refractivity contribution in [3.8, 4) is 0 Å². The van der Waals surface area contributed by atoms with Gasteiger partial charge >= 0.3 is 0 Å². The summed E-state index contributed by atoms with van der Waals surface area (Å²) in [7, 11) is 0. The van der Waals surface area contributed by atoms with Crippen molar-refractivity contribution in [1.82, 2.24) is 0 Å². The molecular formula is C13H8S3. The predicted octanol–water partition coefficient (Wildman–Crippen LogP) is 5.64. The van der Waals surface area contributed by atoms with Crippen molar-refractivity contribution in [3.05, 3.63) is 33.8 Å². The Hall–Kier alpha value is -0.900. The van der Waals surface area contributed by atoms with E-state index in [1.807, 2.05) is 34.0 Å². The average molecular weight is 260 g/mol. The van der Waals surface area contributed by atoms with Crippen LogP contribution in [0.2, 0.25) is 0 Å². The van der Waals surface area contributed by atoms with Gasteiger partial charge in [0.05, 0.1) is 9.40 Å². The quantitative estimate of drug-likeness (QED) is 0.384. The number of hydrogen-bond donors (Lipinski definition) is 0. The zero-order chi connectivity index (χ0) is 10.7. The highest BCUT2D eigenvalue weighted by molar-refractivity contribution is 7.27. The molecule has 3 aromatic heterocycles. The summed E-state index contributed by atoms with van der Waals surface area (Å²) in [5.41, 5.74) is 0. The molecule has 1 aromatic carbocycles. The van der Waals surface area contributed by atoms with Crippen molar-refractivity contribution >= 4 is 64.3 Å². The molecule has 0 atom stereocenters. The van der Waals surface area contributed by atoms with E-state index in [4.69, 9.17) is 0 Å². The van der Waals surface area contributed by atoms with Crippen LogP contribution in [-0.2, 0) is 0 Å². The third-order valence-electron chi connectivity index (χ3n) is 2.93. The van der Waals surface area contributed by atoms with Gasteiger partial charge in [-0.2, -0.15) is 0 Å². The normalized spacial score (nSPS) is 12.1. The minimum absolute atomic E-state index is 1.40. The Morgan fingerprint density at radius 1 is 0.812 bits per heavy atom. The van der Waals surface area contributed by atoms with E-state index < -0.39 is 0 Å². The predicted molar refractivity (Wildman–Crippen MR) is 77.3 cm³/mol. The molecule has 3 heteroatoms. The van der Waals surface area contributed by atoms with Crippen molar-refractivity contribution in [2.45, 2.75) is 6.92 Å². The van der Waals surface area contributed by atoms with Gasteiger partial charge in [-0.1, -0.05) is 0 Å². The SMILES string of the molecule is Cc1cc2c3ccsc3c3sccc3c2s1. The number of rotatable bonds is 0. The maximum atomic E-state index is 2.33. The number of benzene rings is 1. The van der Waals surface area contributed by atoms with E-state index in [0.29, 0.717) is 0 Å². The molecule has 0 radical (unpaired) electrons. The van der Waals surface area contributed by atoms with Crippen molar-refractivity contribution in [2.75, 3.05) is 0 Å². The molecule has 0 saturated heterocycles. The zero-order valence-electron chi connectivity index (χ0n) is 8.61. The van der Waals surface area contributed by atoms with Gasteiger partial charge in [-0.05, 0) is 35.9 Å². The van der Waals surface area contributed by atoms with E-state index in [2.05, 4.69) is 35.9 Å². The van der Waals surface area contributed by atoms with E-state index in [0.717, 1.165) is 0 Å². The molecule has 0 aliphatic heterocycles. The fourth-order valence-corrected chi connectivity index (χ4v) is 5.40. The molecule has 0 nitrogen and oxygen atoms in total. The molecule has 16 heavy (non-hydrogen) atoms. The third-order valence-corrected chi connectivity index (χ3v) is 6.00. The van der Waals surface area contributed by atoms with Crippen molar-refractivity contribution in [1.29, 1.82) is 0 Å². The lowest BCUT2D eigenvalue weighted by Gasteiger charge is -1.96. The Balaban J connectivity index is 2.50. The van der Waals surface area contributed by atoms with Crippen LogP contribution in [-0.4, -0.2) is 0 Å². The first kappa shape index (κ1) is 9.16. The van der Waals surface area contributed by atoms with E-state index >= 15 is 0 Å². The molecule has 4 rings (SSSR count). The topological polar surface area (TPSA) is 0 Å². The summed E-state index contributed by atoms with van der Waals surface area (Å²) in [6.45, 7) is 2.20. The van der Waals surface area contributed by atoms with Gasteiger partial charge in [0.2, 0.25) is 0 Å². The summed E-state index contributed by atoms with van der Waals surface area (Å²) < 4.78 is 4.37. The maximum absolute atomic E-state index is 2.33. The maximum Gasteiger partial charge on any atom is 0.0535 e. The second-order valence-corrected chi connectivity index (χ2v) is 7.02. The molecule has 3 heterocycles. The fraction of sp³-hybridized carbons (Fsp3) is 0.0769. The van der Waals surface area contributed by atoms with Crippen LogP contribution in [0.5, 0.6) is 0 Å². The summed E-state index contributed by atoms with van der Waals surface area (Å²) in [5.74, 6) is 0. The van der Waals surface area contributed by atoms with Crippen LogP contribution in [0.25, 0.3) is 30.3 Å². The highest BCUT2D eigenvalue weighted by atomic mass is 32.1. The Bertz CT molecular complexity index is 746. The van der Waals surface area contributed by atoms with E-state index in [9.17, 15) is 0 Å². The second-order valence-electron chi connectivity index (χ2n) is 3.93. The first-order valence-corrected chi connectivity index (χ1v) is 7.69. The molecule has 4 aromatic rings. The summed E-state index contributed by atoms with van der Waals surface area (Å²) >= 11 is 5.64. The highest BCUT2D eigenvalue weighted by Gasteiger charge is 2.12. The molecule has 0 amide bonds. The lowest BCUT2D eigenvalue weighted by Crippen LogP contribution is -1.67. The molecule has 0 fully saturated rings. The number of fused-ring (bicyclic) bond motifs is 6. The van der Waals surface area contributed by atoms with Crippen molar-refractivity contribution in [2.24, 2.45) is 0 Å². The van der Waals surface area contributed by atoms with Crippen LogP contribution >= 0.6 is 34.0 Å². The largest absolute Gasteiger partial charge is 0.142 e. The van der Waals surface area contributed by atoms with Crippen LogP contribution in [0.3, 0.4) is 0 Å². The molecule has 0 aliphatic carbocycles. The molecule has 78 valence electrons. The van der Waals surface area contributed by atoms with Gasteiger partial charge in [-0.3, -0.25) is 0 Å². The van der Waals surface area contributed by atoms with Gasteiger partial charge in [0.25, 0.3) is 0 Å². The lowest BCUT2D eigenvalue weighted by atomic mass is 10.1. The molecule has 0 N–H and O–H groups in total. The van der Waals surface area contributed by atoms with E-state index in [1.54, 1.807) is 0 Å². The summed E-state index contributed by atoms with van der Waals surface area (Å²) in [6, 6.07) is 6.84. The highest BCUT2D eigenvalue weighted by Crippen LogP contribution is 2.43. The Morgan fingerprint density at radius 2 is 1.50 bits per heavy atom. The van der Waals surface area contributed by atoms with E-state index in [-0.39, 0.29) is 0 Å². The molecule has 0 unspecified atom stereocenters. The summed E-state index contributed by atoms with van der Waals surface area (Å²) in [5, 5.41) is 8.71. The van der Waals surface area contributed by atoms with E-state index in [1.165, 1.54) is 35.1 Å². The van der Waals surface area contributed by atoms with Crippen LogP contribution in [0.1, 0.15) is 4.88 Å². The Labute approximate surface area is 105 Å². The van der Waals surface area contributed by atoms with Crippen LogP contribution in [0.4, 0.5) is 0 Å². The van der Waals surface area contributed by atoms with Crippen molar-refractivity contribution < 1.29 is 0 Å². The smallest absolute Gasteiger partial charge is 0.0535 e. The molecular weight excluding hydrogens is 252 g/mol. The first-order chi connectivity index (χ1) is 7.84. The number of thiophene rings is 3. The van der Waals surface area contributed by atoms with Crippen LogP contribution in [0, 0.1) is 6.92 Å². The number of aryl methyl sites for hydroxylation is 1. The molecule has 0 saturated carbocycles. The monoisotopic (exact) mass is 260 g/mol. The van der Waals surface area contributed by atoms with Crippen LogP contribution in [0.15, 0.2) is 29.0 Å². The van der Waals surface area contributed by atoms with Gasteiger partial charge < -0.3 is 0 Å². The minimum atomic E-state index is 1.40. The van der Waals surface area contributed by atoms with Gasteiger partial charge in [-0.15, -0.1) is 34.0 Å². The van der Waals surface area contributed by atoms with Crippen molar-refractivity contribution in [3.63, 3.8) is 0 Å². The fourth-order valence-electron chi connectivity index (χ4n) is 2.28. The van der Waals surface area contributed by atoms with Gasteiger partial charge in [0, 0.05) is 25.7 Å². The Kier molecular flexibility index (Phi) is 1.76. The standard InChI is InChI=1S/C13H8S3/c1-7-6-10-8-2-4-14-12(8)13-9(3-5-15-13)11(10)16-7/h2-6H,1H3. The summed E-state index contributed by atoms with van der Waals surface area (Å²) in [6.07, 6.45) is 0. The third kappa shape index (κ3) is 1.03. The number of hydrogen-bond acceptors (Lipinski definition) is 3. The van der Waals surface area contributed by atoms with Crippen LogP contribution < -0.4 is 0 Å². The second kappa shape index (κ2) is 3.06. The summed E-state index contributed by atoms with van der Waals surface area (Å²) in [4.78, 5) is 1.40. The molecule has 0 aliphatic rings.